The predicted octanol–water partition coefficient (Wildman–Crippen LogP) is 4.47. The molecule has 0 bridgehead atoms. The van der Waals surface area contributed by atoms with Crippen LogP contribution in [0.15, 0.2) is 44.8 Å². The van der Waals surface area contributed by atoms with Crippen LogP contribution in [0.2, 0.25) is 0 Å². The van der Waals surface area contributed by atoms with E-state index in [1.54, 1.807) is 6.08 Å². The highest BCUT2D eigenvalue weighted by molar-refractivity contribution is 9.10. The Bertz CT molecular complexity index is 879. The molecule has 0 amide bonds. The summed E-state index contributed by atoms with van der Waals surface area (Å²) < 4.78 is 40.2. The third-order valence-corrected chi connectivity index (χ3v) is 4.75. The van der Waals surface area contributed by atoms with Crippen molar-refractivity contribution < 1.29 is 27.8 Å². The van der Waals surface area contributed by atoms with Crippen LogP contribution in [0.4, 0.5) is 8.78 Å². The second-order valence-electron chi connectivity index (χ2n) is 4.75. The molecule has 25 heavy (non-hydrogen) atoms. The van der Waals surface area contributed by atoms with Crippen molar-refractivity contribution in [2.45, 2.75) is 6.61 Å². The molecule has 9 heteroatoms. The average molecular weight is 430 g/mol. The molecule has 3 rings (SSSR count). The van der Waals surface area contributed by atoms with Crippen molar-refractivity contribution in [2.75, 3.05) is 7.11 Å². The van der Waals surface area contributed by atoms with Crippen molar-refractivity contribution in [3.8, 4) is 11.5 Å². The van der Waals surface area contributed by atoms with Crippen LogP contribution >= 0.6 is 27.3 Å². The fourth-order valence-electron chi connectivity index (χ4n) is 2.07. The van der Waals surface area contributed by atoms with E-state index in [2.05, 4.69) is 25.7 Å². The van der Waals surface area contributed by atoms with Gasteiger partial charge in [0.05, 0.1) is 7.11 Å². The first kappa shape index (κ1) is 17.6. The number of hydrogen-bond acceptors (Lipinski definition) is 6. The molecule has 0 radical (unpaired) electrons. The molecular formula is C16H10BrF2NO4S. The lowest BCUT2D eigenvalue weighted by Gasteiger charge is -2.10. The predicted molar refractivity (Wildman–Crippen MR) is 92.3 cm³/mol. The number of hydrogen-bond donors (Lipinski definition) is 0. The van der Waals surface area contributed by atoms with Gasteiger partial charge in [-0.15, -0.1) is 11.3 Å². The average Bonchev–Trinajstić information content (AvgIpc) is 3.14. The SMILES string of the molecule is COc1cc(C2=N/C(=C\c3cc(Br)cs3)C(=O)O2)ccc1OC(F)F. The first-order chi connectivity index (χ1) is 12.0. The number of alkyl halides is 2. The van der Waals surface area contributed by atoms with Gasteiger partial charge >= 0.3 is 12.6 Å². The van der Waals surface area contributed by atoms with Gasteiger partial charge in [0.2, 0.25) is 5.90 Å². The second kappa shape index (κ2) is 7.32. The van der Waals surface area contributed by atoms with Crippen molar-refractivity contribution in [2.24, 2.45) is 4.99 Å². The van der Waals surface area contributed by atoms with Crippen LogP contribution in [0.3, 0.4) is 0 Å². The van der Waals surface area contributed by atoms with Gasteiger partial charge in [0, 0.05) is 20.3 Å². The summed E-state index contributed by atoms with van der Waals surface area (Å²) >= 11 is 4.78. The normalized spacial score (nSPS) is 15.5. The monoisotopic (exact) mass is 429 g/mol. The summed E-state index contributed by atoms with van der Waals surface area (Å²) in [6.07, 6.45) is 1.61. The fourth-order valence-corrected chi connectivity index (χ4v) is 3.44. The molecule has 1 aromatic heterocycles. The summed E-state index contributed by atoms with van der Waals surface area (Å²) in [6.45, 7) is -2.97. The lowest BCUT2D eigenvalue weighted by atomic mass is 10.2. The number of aliphatic imine (C=N–C) groups is 1. The van der Waals surface area contributed by atoms with Crippen LogP contribution in [0.25, 0.3) is 6.08 Å². The Kier molecular flexibility index (Phi) is 5.14. The van der Waals surface area contributed by atoms with Gasteiger partial charge in [-0.25, -0.2) is 9.79 Å². The van der Waals surface area contributed by atoms with Crippen molar-refractivity contribution in [1.29, 1.82) is 0 Å². The maximum atomic E-state index is 12.4. The number of carbonyl (C=O) groups excluding carboxylic acids is 1. The number of carbonyl (C=O) groups is 1. The van der Waals surface area contributed by atoms with E-state index < -0.39 is 12.6 Å². The molecule has 5 nitrogen and oxygen atoms in total. The Morgan fingerprint density at radius 1 is 1.32 bits per heavy atom. The van der Waals surface area contributed by atoms with Gasteiger partial charge in [0.15, 0.2) is 17.2 Å². The summed E-state index contributed by atoms with van der Waals surface area (Å²) in [5, 5.41) is 1.88. The van der Waals surface area contributed by atoms with Crippen LogP contribution in [-0.2, 0) is 9.53 Å². The molecule has 0 unspecified atom stereocenters. The Morgan fingerprint density at radius 3 is 2.76 bits per heavy atom. The first-order valence-electron chi connectivity index (χ1n) is 6.86. The summed E-state index contributed by atoms with van der Waals surface area (Å²) in [4.78, 5) is 17.0. The van der Waals surface area contributed by atoms with E-state index in [0.717, 1.165) is 9.35 Å². The van der Waals surface area contributed by atoms with Crippen LogP contribution < -0.4 is 9.47 Å². The molecule has 0 fully saturated rings. The zero-order valence-electron chi connectivity index (χ0n) is 12.7. The Hall–Kier alpha value is -2.26. The standard InChI is InChI=1S/C16H10BrF2NO4S/c1-22-13-4-8(2-3-12(13)23-16(18)19)14-20-11(15(21)24-14)6-10-5-9(17)7-25-10/h2-7,16H,1H3/b11-6-. The molecule has 0 atom stereocenters. The lowest BCUT2D eigenvalue weighted by molar-refractivity contribution is -0.129. The number of nitrogens with zero attached hydrogens (tertiary/aromatic N) is 1. The number of cyclic esters (lactones) is 1. The van der Waals surface area contributed by atoms with E-state index in [1.165, 1.54) is 36.6 Å². The Morgan fingerprint density at radius 2 is 2.12 bits per heavy atom. The molecule has 130 valence electrons. The van der Waals surface area contributed by atoms with Gasteiger partial charge in [0.25, 0.3) is 0 Å². The summed E-state index contributed by atoms with van der Waals surface area (Å²) in [5.41, 5.74) is 0.554. The van der Waals surface area contributed by atoms with Gasteiger partial charge in [0.1, 0.15) is 0 Å². The van der Waals surface area contributed by atoms with Crippen LogP contribution in [0.1, 0.15) is 10.4 Å². The Labute approximate surface area is 153 Å². The number of benzene rings is 1. The van der Waals surface area contributed by atoms with E-state index in [0.29, 0.717) is 5.56 Å². The first-order valence-corrected chi connectivity index (χ1v) is 8.53. The third kappa shape index (κ3) is 4.05. The van der Waals surface area contributed by atoms with Crippen LogP contribution in [0.5, 0.6) is 11.5 Å². The number of rotatable bonds is 5. The van der Waals surface area contributed by atoms with Gasteiger partial charge in [-0.1, -0.05) is 0 Å². The summed E-state index contributed by atoms with van der Waals surface area (Å²) in [5.74, 6) is -0.568. The van der Waals surface area contributed by atoms with Gasteiger partial charge in [-0.2, -0.15) is 8.78 Å². The smallest absolute Gasteiger partial charge is 0.387 e. The highest BCUT2D eigenvalue weighted by atomic mass is 79.9. The minimum absolute atomic E-state index is 0.0637. The molecule has 1 aromatic carbocycles. The Balaban J connectivity index is 1.90. The van der Waals surface area contributed by atoms with Crippen molar-refractivity contribution >= 4 is 45.2 Å². The number of methoxy groups -OCH3 is 1. The number of halogens is 3. The van der Waals surface area contributed by atoms with E-state index in [4.69, 9.17) is 9.47 Å². The molecule has 0 spiro atoms. The zero-order valence-corrected chi connectivity index (χ0v) is 15.1. The maximum absolute atomic E-state index is 12.4. The molecular weight excluding hydrogens is 420 g/mol. The fraction of sp³-hybridized carbons (Fsp3) is 0.125. The minimum Gasteiger partial charge on any atom is -0.493 e. The van der Waals surface area contributed by atoms with Gasteiger partial charge in [-0.05, 0) is 46.3 Å². The highest BCUT2D eigenvalue weighted by Crippen LogP contribution is 2.31. The van der Waals surface area contributed by atoms with Crippen molar-refractivity contribution in [1.82, 2.24) is 0 Å². The molecule has 1 aliphatic rings. The van der Waals surface area contributed by atoms with E-state index in [9.17, 15) is 13.6 Å². The topological polar surface area (TPSA) is 57.1 Å². The number of esters is 1. The minimum atomic E-state index is -2.97. The highest BCUT2D eigenvalue weighted by Gasteiger charge is 2.25. The van der Waals surface area contributed by atoms with Gasteiger partial charge < -0.3 is 14.2 Å². The molecule has 0 N–H and O–H groups in total. The van der Waals surface area contributed by atoms with E-state index >= 15 is 0 Å². The molecule has 1 aliphatic heterocycles. The molecule has 2 aromatic rings. The van der Waals surface area contributed by atoms with Crippen LogP contribution in [0, 0.1) is 0 Å². The van der Waals surface area contributed by atoms with Crippen molar-refractivity contribution in [3.63, 3.8) is 0 Å². The van der Waals surface area contributed by atoms with Crippen LogP contribution in [-0.4, -0.2) is 25.6 Å². The summed E-state index contributed by atoms with van der Waals surface area (Å²) in [7, 11) is 1.32. The zero-order chi connectivity index (χ0) is 18.0. The second-order valence-corrected chi connectivity index (χ2v) is 6.61. The van der Waals surface area contributed by atoms with Gasteiger partial charge in [-0.3, -0.25) is 0 Å². The summed E-state index contributed by atoms with van der Waals surface area (Å²) in [6, 6.07) is 6.01. The molecule has 2 heterocycles. The molecule has 0 aliphatic carbocycles. The van der Waals surface area contributed by atoms with E-state index in [-0.39, 0.29) is 23.1 Å². The quantitative estimate of drug-likeness (QED) is 0.519. The molecule has 0 saturated heterocycles. The maximum Gasteiger partial charge on any atom is 0.387 e. The third-order valence-electron chi connectivity index (χ3n) is 3.11. The number of thiophene rings is 1. The van der Waals surface area contributed by atoms with Crippen molar-refractivity contribution in [3.05, 3.63) is 50.3 Å². The number of ether oxygens (including phenoxy) is 3. The van der Waals surface area contributed by atoms with E-state index in [1.807, 2.05) is 11.4 Å². The molecule has 0 saturated carbocycles. The largest absolute Gasteiger partial charge is 0.493 e. The lowest BCUT2D eigenvalue weighted by Crippen LogP contribution is -2.07.